The summed E-state index contributed by atoms with van der Waals surface area (Å²) in [6, 6.07) is 14.7. The molecular formula is C18H17NO4S2. The average Bonchev–Trinajstić information content (AvgIpc) is 3.40. The van der Waals surface area contributed by atoms with Gasteiger partial charge in [-0.25, -0.2) is 17.5 Å². The molecule has 7 heteroatoms. The van der Waals surface area contributed by atoms with E-state index in [2.05, 4.69) is 0 Å². The molecule has 2 aliphatic rings. The summed E-state index contributed by atoms with van der Waals surface area (Å²) in [6.07, 6.45) is 1.57. The fourth-order valence-corrected chi connectivity index (χ4v) is 6.56. The number of hydrogen-bond acceptors (Lipinski definition) is 5. The highest BCUT2D eigenvalue weighted by Crippen LogP contribution is 2.61. The Kier molecular flexibility index (Phi) is 3.81. The topological polar surface area (TPSA) is 63.7 Å². The normalized spacial score (nSPS) is 20.8. The number of sulfonamides is 1. The van der Waals surface area contributed by atoms with Crippen LogP contribution in [0.5, 0.6) is 0 Å². The van der Waals surface area contributed by atoms with Gasteiger partial charge in [-0.05, 0) is 37.1 Å². The molecule has 4 rings (SSSR count). The van der Waals surface area contributed by atoms with E-state index in [0.29, 0.717) is 5.69 Å². The van der Waals surface area contributed by atoms with Crippen molar-refractivity contribution in [3.05, 3.63) is 54.6 Å². The zero-order valence-corrected chi connectivity index (χ0v) is 15.2. The molecule has 1 spiro atoms. The fraction of sp³-hybridized carbons (Fsp3) is 0.278. The lowest BCUT2D eigenvalue weighted by molar-refractivity contribution is -0.142. The minimum Gasteiger partial charge on any atom is -0.467 e. The fourth-order valence-electron chi connectivity index (χ4n) is 3.25. The number of para-hydroxylation sites is 1. The van der Waals surface area contributed by atoms with Crippen molar-refractivity contribution in [1.29, 1.82) is 0 Å². The van der Waals surface area contributed by atoms with Gasteiger partial charge >= 0.3 is 5.97 Å². The molecule has 1 saturated carbocycles. The smallest absolute Gasteiger partial charge is 0.331 e. The van der Waals surface area contributed by atoms with E-state index in [-0.39, 0.29) is 4.90 Å². The first-order chi connectivity index (χ1) is 12.0. The van der Waals surface area contributed by atoms with E-state index >= 15 is 0 Å². The maximum Gasteiger partial charge on any atom is 0.331 e. The molecule has 0 amide bonds. The van der Waals surface area contributed by atoms with Crippen LogP contribution in [0.3, 0.4) is 0 Å². The number of methoxy groups -OCH3 is 1. The lowest BCUT2D eigenvalue weighted by atomic mass is 10.1. The monoisotopic (exact) mass is 375 g/mol. The second-order valence-corrected chi connectivity index (χ2v) is 9.45. The number of nitrogens with zero attached hydrogens (tertiary/aromatic N) is 1. The molecule has 0 saturated heterocycles. The molecule has 1 aliphatic carbocycles. The van der Waals surface area contributed by atoms with Gasteiger partial charge in [-0.3, -0.25) is 0 Å². The lowest BCUT2D eigenvalue weighted by Crippen LogP contribution is -2.54. The Morgan fingerprint density at radius 3 is 2.40 bits per heavy atom. The second-order valence-electron chi connectivity index (χ2n) is 6.17. The molecule has 2 aromatic rings. The van der Waals surface area contributed by atoms with E-state index in [1.165, 1.54) is 11.4 Å². The van der Waals surface area contributed by atoms with E-state index in [1.807, 2.05) is 12.1 Å². The average molecular weight is 375 g/mol. The number of thioether (sulfide) groups is 1. The highest BCUT2D eigenvalue weighted by atomic mass is 32.2. The SMILES string of the molecule is COC(=O)C1N(S(=O)(=O)c2ccccc2)c2ccccc2SC12CC2. The zero-order valence-electron chi connectivity index (χ0n) is 13.6. The van der Waals surface area contributed by atoms with Crippen molar-refractivity contribution in [1.82, 2.24) is 0 Å². The Morgan fingerprint density at radius 2 is 1.76 bits per heavy atom. The standard InChI is InChI=1S/C18H17NO4S2/c1-23-17(20)16-18(11-12-18)24-15-10-6-5-9-14(15)19(16)25(21,22)13-7-3-2-4-8-13/h2-10,16H,11-12H2,1H3. The molecule has 0 N–H and O–H groups in total. The first-order valence-corrected chi connectivity index (χ1v) is 10.2. The van der Waals surface area contributed by atoms with Gasteiger partial charge in [-0.1, -0.05) is 30.3 Å². The van der Waals surface area contributed by atoms with Crippen molar-refractivity contribution in [2.45, 2.75) is 33.4 Å². The van der Waals surface area contributed by atoms with Crippen molar-refractivity contribution in [2.75, 3.05) is 11.4 Å². The van der Waals surface area contributed by atoms with E-state index < -0.39 is 26.8 Å². The minimum absolute atomic E-state index is 0.168. The van der Waals surface area contributed by atoms with Crippen LogP contribution < -0.4 is 4.31 Å². The predicted molar refractivity (Wildman–Crippen MR) is 96.2 cm³/mol. The summed E-state index contributed by atoms with van der Waals surface area (Å²) in [6.45, 7) is 0. The maximum absolute atomic E-state index is 13.4. The Bertz CT molecular complexity index is 923. The summed E-state index contributed by atoms with van der Waals surface area (Å²) < 4.78 is 32.6. The van der Waals surface area contributed by atoms with Crippen LogP contribution >= 0.6 is 11.8 Å². The summed E-state index contributed by atoms with van der Waals surface area (Å²) in [5, 5.41) is 0. The lowest BCUT2D eigenvalue weighted by Gasteiger charge is -2.40. The first-order valence-electron chi connectivity index (χ1n) is 7.95. The van der Waals surface area contributed by atoms with E-state index in [4.69, 9.17) is 4.74 Å². The van der Waals surface area contributed by atoms with Crippen molar-refractivity contribution < 1.29 is 17.9 Å². The van der Waals surface area contributed by atoms with Crippen LogP contribution in [0, 0.1) is 0 Å². The summed E-state index contributed by atoms with van der Waals surface area (Å²) >= 11 is 1.59. The van der Waals surface area contributed by atoms with Crippen LogP contribution in [0.15, 0.2) is 64.4 Å². The highest BCUT2D eigenvalue weighted by molar-refractivity contribution is 8.01. The van der Waals surface area contributed by atoms with Gasteiger partial charge in [0.05, 0.1) is 22.4 Å². The Hall–Kier alpha value is -1.99. The molecule has 1 heterocycles. The molecule has 0 radical (unpaired) electrons. The van der Waals surface area contributed by atoms with Gasteiger partial charge in [0.25, 0.3) is 10.0 Å². The summed E-state index contributed by atoms with van der Waals surface area (Å²) in [4.78, 5) is 13.6. The molecule has 2 aromatic carbocycles. The number of rotatable bonds is 3. The molecule has 1 aliphatic heterocycles. The third kappa shape index (κ3) is 2.53. The quantitative estimate of drug-likeness (QED) is 0.772. The van der Waals surface area contributed by atoms with E-state index in [1.54, 1.807) is 54.2 Å². The number of ether oxygens (including phenoxy) is 1. The van der Waals surface area contributed by atoms with Crippen LogP contribution in [0.4, 0.5) is 5.69 Å². The summed E-state index contributed by atoms with van der Waals surface area (Å²) in [5.41, 5.74) is 0.532. The molecule has 1 fully saturated rings. The molecule has 130 valence electrons. The maximum atomic E-state index is 13.4. The molecule has 5 nitrogen and oxygen atoms in total. The number of benzene rings is 2. The summed E-state index contributed by atoms with van der Waals surface area (Å²) in [5.74, 6) is -0.515. The number of hydrogen-bond donors (Lipinski definition) is 0. The van der Waals surface area contributed by atoms with Gasteiger partial charge in [0, 0.05) is 4.90 Å². The third-order valence-electron chi connectivity index (χ3n) is 4.62. The molecule has 1 atom stereocenters. The highest BCUT2D eigenvalue weighted by Gasteiger charge is 2.61. The van der Waals surface area contributed by atoms with Gasteiger partial charge in [-0.2, -0.15) is 0 Å². The van der Waals surface area contributed by atoms with Crippen LogP contribution in [0.25, 0.3) is 0 Å². The van der Waals surface area contributed by atoms with Crippen LogP contribution in [0.2, 0.25) is 0 Å². The van der Waals surface area contributed by atoms with Crippen LogP contribution in [-0.4, -0.2) is 32.3 Å². The Balaban J connectivity index is 1.94. The van der Waals surface area contributed by atoms with E-state index in [0.717, 1.165) is 17.7 Å². The summed E-state index contributed by atoms with van der Waals surface area (Å²) in [7, 11) is -2.59. The number of fused-ring (bicyclic) bond motifs is 1. The van der Waals surface area contributed by atoms with Crippen molar-refractivity contribution in [3.8, 4) is 0 Å². The molecule has 0 aromatic heterocycles. The third-order valence-corrected chi connectivity index (χ3v) is 8.01. The Morgan fingerprint density at radius 1 is 1.12 bits per heavy atom. The van der Waals surface area contributed by atoms with Gasteiger partial charge in [0.1, 0.15) is 0 Å². The Labute approximate surface area is 151 Å². The van der Waals surface area contributed by atoms with Crippen molar-refractivity contribution in [3.63, 3.8) is 0 Å². The van der Waals surface area contributed by atoms with Gasteiger partial charge < -0.3 is 4.74 Å². The number of carbonyl (C=O) groups excluding carboxylic acids is 1. The molecule has 1 unspecified atom stereocenters. The van der Waals surface area contributed by atoms with Crippen LogP contribution in [0.1, 0.15) is 12.8 Å². The predicted octanol–water partition coefficient (Wildman–Crippen LogP) is 3.06. The van der Waals surface area contributed by atoms with Crippen molar-refractivity contribution in [2.24, 2.45) is 0 Å². The van der Waals surface area contributed by atoms with Crippen molar-refractivity contribution >= 4 is 33.4 Å². The zero-order chi connectivity index (χ0) is 17.7. The number of anilines is 1. The number of carbonyl (C=O) groups is 1. The van der Waals surface area contributed by atoms with Gasteiger partial charge in [0.15, 0.2) is 6.04 Å². The molecular weight excluding hydrogens is 358 g/mol. The first kappa shape index (κ1) is 16.5. The second kappa shape index (κ2) is 5.78. The molecule has 25 heavy (non-hydrogen) atoms. The molecule has 0 bridgehead atoms. The largest absolute Gasteiger partial charge is 0.467 e. The number of esters is 1. The van der Waals surface area contributed by atoms with Gasteiger partial charge in [0.2, 0.25) is 0 Å². The van der Waals surface area contributed by atoms with Gasteiger partial charge in [-0.15, -0.1) is 11.8 Å². The van der Waals surface area contributed by atoms with E-state index in [9.17, 15) is 13.2 Å². The minimum atomic E-state index is -3.89. The van der Waals surface area contributed by atoms with Crippen LogP contribution in [-0.2, 0) is 19.6 Å².